The van der Waals surface area contributed by atoms with Crippen molar-refractivity contribution in [3.05, 3.63) is 113 Å². The van der Waals surface area contributed by atoms with Crippen molar-refractivity contribution >= 4 is 33.3 Å². The van der Waals surface area contributed by atoms with Crippen LogP contribution in [0.5, 0.6) is 0 Å². The highest BCUT2D eigenvalue weighted by Crippen LogP contribution is 2.50. The van der Waals surface area contributed by atoms with Crippen LogP contribution in [-0.2, 0) is 12.5 Å². The molecule has 1 aliphatic heterocycles. The summed E-state index contributed by atoms with van der Waals surface area (Å²) in [6.45, 7) is 6.68. The Kier molecular flexibility index (Phi) is 5.18. The molecule has 4 aromatic carbocycles. The minimum atomic E-state index is -0.199. The van der Waals surface area contributed by atoms with Gasteiger partial charge < -0.3 is 9.32 Å². The van der Waals surface area contributed by atoms with Crippen molar-refractivity contribution in [1.29, 1.82) is 5.26 Å². The van der Waals surface area contributed by atoms with Crippen molar-refractivity contribution in [1.82, 2.24) is 0 Å². The first-order chi connectivity index (χ1) is 19.3. The van der Waals surface area contributed by atoms with Crippen molar-refractivity contribution < 1.29 is 8.98 Å². The number of rotatable bonds is 2. The van der Waals surface area contributed by atoms with Gasteiger partial charge in [0.15, 0.2) is 6.20 Å². The van der Waals surface area contributed by atoms with E-state index < -0.39 is 0 Å². The molecule has 2 aromatic heterocycles. The fourth-order valence-electron chi connectivity index (χ4n) is 6.54. The summed E-state index contributed by atoms with van der Waals surface area (Å²) in [4.78, 5) is 2.27. The predicted molar refractivity (Wildman–Crippen MR) is 162 cm³/mol. The van der Waals surface area contributed by atoms with E-state index >= 15 is 0 Å². The van der Waals surface area contributed by atoms with Crippen LogP contribution < -0.4 is 9.47 Å². The summed E-state index contributed by atoms with van der Waals surface area (Å²) in [5, 5.41) is 12.3. The molecule has 0 atom stereocenters. The standard InChI is InChI=1S/C36H30N3O/c1-22-13-16-25-26-17-14-24(21-37)33(35(26)40-34(25)32(22)31-12-8-9-19-38(31)4)23-15-18-30-28(20-23)36(2,3)27-10-6-7-11-29(27)39(30)5/h6-20H,1-5H3/q+1. The average Bonchev–Trinajstić information content (AvgIpc) is 3.34. The van der Waals surface area contributed by atoms with E-state index in [-0.39, 0.29) is 5.41 Å². The molecule has 6 aromatic rings. The Bertz CT molecular complexity index is 2040. The summed E-state index contributed by atoms with van der Waals surface area (Å²) in [6.07, 6.45) is 2.06. The van der Waals surface area contributed by atoms with Gasteiger partial charge in [0.25, 0.3) is 0 Å². The highest BCUT2D eigenvalue weighted by atomic mass is 16.3. The maximum Gasteiger partial charge on any atom is 0.216 e. The topological polar surface area (TPSA) is 44.1 Å². The second-order valence-corrected chi connectivity index (χ2v) is 11.3. The van der Waals surface area contributed by atoms with E-state index in [0.717, 1.165) is 49.9 Å². The minimum Gasteiger partial charge on any atom is -0.454 e. The number of aromatic nitrogens is 1. The summed E-state index contributed by atoms with van der Waals surface area (Å²) in [7, 11) is 4.18. The fraction of sp³-hybridized carbons (Fsp3) is 0.167. The van der Waals surface area contributed by atoms with E-state index in [1.54, 1.807) is 0 Å². The first-order valence-corrected chi connectivity index (χ1v) is 13.6. The first kappa shape index (κ1) is 24.2. The maximum absolute atomic E-state index is 10.2. The number of hydrogen-bond acceptors (Lipinski definition) is 3. The molecular formula is C36H30N3O+. The normalized spacial score (nSPS) is 13.8. The molecule has 0 N–H and O–H groups in total. The van der Waals surface area contributed by atoms with Gasteiger partial charge in [0.1, 0.15) is 18.2 Å². The number of furan rings is 1. The zero-order chi connectivity index (χ0) is 27.8. The number of para-hydroxylation sites is 1. The van der Waals surface area contributed by atoms with Crippen molar-refractivity contribution in [2.75, 3.05) is 11.9 Å². The van der Waals surface area contributed by atoms with Crippen molar-refractivity contribution in [2.24, 2.45) is 7.05 Å². The van der Waals surface area contributed by atoms with Crippen LogP contribution in [0.25, 0.3) is 44.3 Å². The summed E-state index contributed by atoms with van der Waals surface area (Å²) < 4.78 is 8.92. The molecule has 0 bridgehead atoms. The zero-order valence-corrected chi connectivity index (χ0v) is 23.4. The third-order valence-electron chi connectivity index (χ3n) is 8.71. The first-order valence-electron chi connectivity index (χ1n) is 13.6. The molecule has 0 saturated carbocycles. The van der Waals surface area contributed by atoms with Crippen LogP contribution in [0.15, 0.2) is 95.5 Å². The van der Waals surface area contributed by atoms with Crippen molar-refractivity contribution in [3.8, 4) is 28.5 Å². The van der Waals surface area contributed by atoms with Crippen LogP contribution >= 0.6 is 0 Å². The molecule has 0 saturated heterocycles. The Morgan fingerprint density at radius 1 is 0.800 bits per heavy atom. The Morgan fingerprint density at radius 2 is 1.50 bits per heavy atom. The summed E-state index contributed by atoms with van der Waals surface area (Å²) in [5.41, 5.74) is 12.1. The van der Waals surface area contributed by atoms with Gasteiger partial charge in [0, 0.05) is 52.3 Å². The number of aryl methyl sites for hydroxylation is 2. The lowest BCUT2D eigenvalue weighted by molar-refractivity contribution is -0.660. The number of fused-ring (bicyclic) bond motifs is 5. The van der Waals surface area contributed by atoms with E-state index in [9.17, 15) is 5.26 Å². The lowest BCUT2D eigenvalue weighted by Crippen LogP contribution is -2.30. The number of nitriles is 1. The summed E-state index contributed by atoms with van der Waals surface area (Å²) >= 11 is 0. The van der Waals surface area contributed by atoms with Crippen LogP contribution in [0.3, 0.4) is 0 Å². The average molecular weight is 521 g/mol. The lowest BCUT2D eigenvalue weighted by Gasteiger charge is -2.40. The summed E-state index contributed by atoms with van der Waals surface area (Å²) in [5.74, 6) is 0. The fourth-order valence-corrected chi connectivity index (χ4v) is 6.54. The Labute approximate surface area is 234 Å². The smallest absolute Gasteiger partial charge is 0.216 e. The molecule has 4 nitrogen and oxygen atoms in total. The monoisotopic (exact) mass is 520 g/mol. The molecule has 0 aliphatic carbocycles. The Morgan fingerprint density at radius 3 is 2.27 bits per heavy atom. The van der Waals surface area contributed by atoms with Gasteiger partial charge in [-0.05, 0) is 65.6 Å². The molecule has 0 spiro atoms. The van der Waals surface area contributed by atoms with E-state index in [1.807, 2.05) is 18.2 Å². The quantitative estimate of drug-likeness (QED) is 0.216. The number of anilines is 2. The van der Waals surface area contributed by atoms with Gasteiger partial charge in [0.05, 0.1) is 17.2 Å². The number of nitrogens with zero attached hydrogens (tertiary/aromatic N) is 3. The van der Waals surface area contributed by atoms with Gasteiger partial charge >= 0.3 is 0 Å². The zero-order valence-electron chi connectivity index (χ0n) is 23.4. The van der Waals surface area contributed by atoms with Crippen LogP contribution in [0.4, 0.5) is 11.4 Å². The second kappa shape index (κ2) is 8.56. The van der Waals surface area contributed by atoms with Gasteiger partial charge in [0.2, 0.25) is 5.69 Å². The second-order valence-electron chi connectivity index (χ2n) is 11.3. The molecule has 0 fully saturated rings. The largest absolute Gasteiger partial charge is 0.454 e. The molecule has 3 heterocycles. The van der Waals surface area contributed by atoms with Gasteiger partial charge in [-0.25, -0.2) is 4.57 Å². The summed E-state index contributed by atoms with van der Waals surface area (Å²) in [6, 6.07) is 32.1. The molecule has 0 unspecified atom stereocenters. The number of hydrogen-bond donors (Lipinski definition) is 0. The van der Waals surface area contributed by atoms with Crippen molar-refractivity contribution in [3.63, 3.8) is 0 Å². The number of benzene rings is 4. The predicted octanol–water partition coefficient (Wildman–Crippen LogP) is 8.33. The third-order valence-corrected chi connectivity index (χ3v) is 8.71. The molecule has 194 valence electrons. The Hall–Kier alpha value is -4.88. The molecule has 0 radical (unpaired) electrons. The van der Waals surface area contributed by atoms with Gasteiger partial charge in [-0.2, -0.15) is 5.26 Å². The van der Waals surface area contributed by atoms with E-state index in [4.69, 9.17) is 4.42 Å². The molecule has 0 amide bonds. The van der Waals surface area contributed by atoms with Gasteiger partial charge in [-0.3, -0.25) is 0 Å². The molecule has 7 rings (SSSR count). The van der Waals surface area contributed by atoms with E-state index in [2.05, 4.69) is 123 Å². The van der Waals surface area contributed by atoms with Crippen LogP contribution in [-0.4, -0.2) is 7.05 Å². The van der Waals surface area contributed by atoms with Crippen LogP contribution in [0.2, 0.25) is 0 Å². The Balaban J connectivity index is 1.52. The number of pyridine rings is 1. The highest BCUT2D eigenvalue weighted by Gasteiger charge is 2.35. The SMILES string of the molecule is Cc1ccc2c(oc3c(-c4ccc5c(c4)C(C)(C)c4ccccc4N5C)c(C#N)ccc32)c1-c1cccc[n+]1C. The third kappa shape index (κ3) is 3.28. The molecule has 40 heavy (non-hydrogen) atoms. The maximum atomic E-state index is 10.2. The van der Waals surface area contributed by atoms with E-state index in [0.29, 0.717) is 5.56 Å². The van der Waals surface area contributed by atoms with Crippen molar-refractivity contribution in [2.45, 2.75) is 26.2 Å². The van der Waals surface area contributed by atoms with Crippen LogP contribution in [0, 0.1) is 18.3 Å². The minimum absolute atomic E-state index is 0.199. The molecule has 4 heteroatoms. The molecular weight excluding hydrogens is 490 g/mol. The van der Waals surface area contributed by atoms with E-state index in [1.165, 1.54) is 22.5 Å². The highest BCUT2D eigenvalue weighted by molar-refractivity contribution is 6.14. The lowest BCUT2D eigenvalue weighted by atomic mass is 9.73. The van der Waals surface area contributed by atoms with Gasteiger partial charge in [-0.15, -0.1) is 0 Å². The van der Waals surface area contributed by atoms with Crippen LogP contribution in [0.1, 0.15) is 36.1 Å². The van der Waals surface area contributed by atoms with Gasteiger partial charge in [-0.1, -0.05) is 50.2 Å². The molecule has 1 aliphatic rings.